The van der Waals surface area contributed by atoms with Crippen LogP contribution in [0.5, 0.6) is 0 Å². The van der Waals surface area contributed by atoms with Crippen LogP contribution in [0, 0.1) is 0 Å². The molecule has 0 aromatic heterocycles. The van der Waals surface area contributed by atoms with Gasteiger partial charge in [0.15, 0.2) is 0 Å². The van der Waals surface area contributed by atoms with Crippen LogP contribution in [0.4, 0.5) is 0 Å². The molecule has 11 heavy (non-hydrogen) atoms. The van der Waals surface area contributed by atoms with Gasteiger partial charge in [-0.25, -0.2) is 0 Å². The Bertz CT molecular complexity index is 248. The first-order valence-electron chi connectivity index (χ1n) is 2.76. The number of carboxylic acids is 2. The number of hydrogen-bond acceptors (Lipinski definition) is 2. The van der Waals surface area contributed by atoms with E-state index < -0.39 is 27.7 Å². The molecule has 58 valence electrons. The van der Waals surface area contributed by atoms with Crippen LogP contribution in [0.3, 0.4) is 0 Å². The molecule has 0 saturated heterocycles. The second-order valence-corrected chi connectivity index (χ2v) is 3.80. The molecule has 0 unspecified atom stereocenters. The van der Waals surface area contributed by atoms with Crippen molar-refractivity contribution in [3.05, 3.63) is 20.9 Å². The number of rotatable bonds is 2. The first-order chi connectivity index (χ1) is 5.13. The molecule has 0 amide bonds. The number of aliphatic carboxylic acids is 2. The van der Waals surface area contributed by atoms with Gasteiger partial charge in [0.05, 0.1) is 0 Å². The molecule has 1 aliphatic rings. The third kappa shape index (κ3) is 1.52. The Labute approximate surface area is 68.9 Å². The maximum absolute atomic E-state index is 10.4. The van der Waals surface area contributed by atoms with Crippen molar-refractivity contribution in [3.63, 3.8) is 0 Å². The van der Waals surface area contributed by atoms with Gasteiger partial charge in [-0.2, -0.15) is 0 Å². The zero-order valence-corrected chi connectivity index (χ0v) is 7.46. The topological polar surface area (TPSA) is 74.6 Å². The summed E-state index contributed by atoms with van der Waals surface area (Å²) >= 11 is -0.611. The minimum absolute atomic E-state index is 0.0579. The van der Waals surface area contributed by atoms with E-state index in [1.807, 2.05) is 0 Å². The van der Waals surface area contributed by atoms with Gasteiger partial charge >= 0.3 is 68.4 Å². The van der Waals surface area contributed by atoms with Crippen molar-refractivity contribution in [2.75, 3.05) is 0 Å². The van der Waals surface area contributed by atoms with Gasteiger partial charge in [0.2, 0.25) is 0 Å². The first-order valence-corrected chi connectivity index (χ1v) is 5.18. The van der Waals surface area contributed by atoms with Crippen LogP contribution in [0.2, 0.25) is 0 Å². The third-order valence-electron chi connectivity index (χ3n) is 1.21. The van der Waals surface area contributed by atoms with Gasteiger partial charge in [0.25, 0.3) is 0 Å². The SMILES string of the molecule is O=C(O)C1=C[AsH]C=C1C(=O)O. The van der Waals surface area contributed by atoms with Crippen LogP contribution >= 0.6 is 0 Å². The maximum atomic E-state index is 10.4. The molecule has 4 nitrogen and oxygen atoms in total. The van der Waals surface area contributed by atoms with E-state index in [-0.39, 0.29) is 11.1 Å². The van der Waals surface area contributed by atoms with E-state index in [0.717, 1.165) is 0 Å². The molecule has 1 heterocycles. The molecule has 1 aliphatic heterocycles. The molecule has 0 aliphatic carbocycles. The molecule has 0 fully saturated rings. The monoisotopic (exact) mass is 216 g/mol. The van der Waals surface area contributed by atoms with Gasteiger partial charge in [-0.05, 0) is 0 Å². The summed E-state index contributed by atoms with van der Waals surface area (Å²) in [4.78, 5) is 23.7. The molecular formula is C6H5AsO4. The molecule has 0 aromatic carbocycles. The van der Waals surface area contributed by atoms with Crippen LogP contribution in [0.15, 0.2) is 20.9 Å². The van der Waals surface area contributed by atoms with Crippen molar-refractivity contribution >= 4 is 27.7 Å². The number of hydrogen-bond donors (Lipinski definition) is 2. The van der Waals surface area contributed by atoms with E-state index in [1.165, 1.54) is 9.73 Å². The Morgan fingerprint density at radius 1 is 1.09 bits per heavy atom. The van der Waals surface area contributed by atoms with E-state index in [2.05, 4.69) is 0 Å². The molecular weight excluding hydrogens is 211 g/mol. The zero-order chi connectivity index (χ0) is 8.43. The standard InChI is InChI=1S/C6H5AsO4/c8-5(9)3-1-7-2-4(3)6(10)11/h1-2,7H,(H,8,9)(H,10,11). The average molecular weight is 216 g/mol. The normalized spacial score (nSPS) is 15.6. The number of carbonyl (C=O) groups is 2. The first kappa shape index (κ1) is 8.08. The Kier molecular flexibility index (Phi) is 2.15. The zero-order valence-electron chi connectivity index (χ0n) is 5.37. The summed E-state index contributed by atoms with van der Waals surface area (Å²) in [7, 11) is 0. The minimum atomic E-state index is -1.15. The van der Waals surface area contributed by atoms with Gasteiger partial charge in [0.1, 0.15) is 0 Å². The quantitative estimate of drug-likeness (QED) is 0.603. The van der Waals surface area contributed by atoms with E-state index >= 15 is 0 Å². The Morgan fingerprint density at radius 3 is 1.73 bits per heavy atom. The third-order valence-corrected chi connectivity index (χ3v) is 3.12. The molecule has 0 aromatic rings. The Morgan fingerprint density at radius 2 is 1.45 bits per heavy atom. The van der Waals surface area contributed by atoms with Crippen molar-refractivity contribution in [3.8, 4) is 0 Å². The van der Waals surface area contributed by atoms with Gasteiger partial charge in [-0.1, -0.05) is 0 Å². The number of carboxylic acid groups (broad SMARTS) is 2. The van der Waals surface area contributed by atoms with E-state index in [4.69, 9.17) is 10.2 Å². The molecule has 0 radical (unpaired) electrons. The predicted octanol–water partition coefficient (Wildman–Crippen LogP) is -0.627. The van der Waals surface area contributed by atoms with Crippen molar-refractivity contribution in [2.24, 2.45) is 0 Å². The summed E-state index contributed by atoms with van der Waals surface area (Å²) in [6.07, 6.45) is 0. The van der Waals surface area contributed by atoms with Crippen molar-refractivity contribution in [2.45, 2.75) is 0 Å². The predicted molar refractivity (Wildman–Crippen MR) is 38.6 cm³/mol. The fourth-order valence-electron chi connectivity index (χ4n) is 0.718. The molecule has 1 rings (SSSR count). The average Bonchev–Trinajstić information content (AvgIpc) is 2.32. The fraction of sp³-hybridized carbons (Fsp3) is 0. The van der Waals surface area contributed by atoms with Crippen LogP contribution in [-0.2, 0) is 9.59 Å². The second-order valence-electron chi connectivity index (χ2n) is 1.89. The van der Waals surface area contributed by atoms with Gasteiger partial charge < -0.3 is 0 Å². The Hall–Kier alpha value is -1.02. The Balaban J connectivity index is 2.93. The van der Waals surface area contributed by atoms with E-state index in [1.54, 1.807) is 0 Å². The van der Waals surface area contributed by atoms with Crippen LogP contribution in [0.1, 0.15) is 0 Å². The van der Waals surface area contributed by atoms with Gasteiger partial charge in [0, 0.05) is 0 Å². The molecule has 0 atom stereocenters. The molecule has 2 N–H and O–H groups in total. The van der Waals surface area contributed by atoms with Crippen molar-refractivity contribution in [1.29, 1.82) is 0 Å². The fourth-order valence-corrected chi connectivity index (χ4v) is 2.76. The summed E-state index contributed by atoms with van der Waals surface area (Å²) in [6.45, 7) is 0. The summed E-state index contributed by atoms with van der Waals surface area (Å²) in [5.74, 6) is -2.31. The van der Waals surface area contributed by atoms with Crippen molar-refractivity contribution in [1.82, 2.24) is 0 Å². The van der Waals surface area contributed by atoms with Crippen LogP contribution in [0.25, 0.3) is 0 Å². The molecule has 0 bridgehead atoms. The second kappa shape index (κ2) is 2.92. The van der Waals surface area contributed by atoms with Gasteiger partial charge in [-0.15, -0.1) is 0 Å². The molecule has 0 saturated carbocycles. The van der Waals surface area contributed by atoms with Crippen molar-refractivity contribution < 1.29 is 19.8 Å². The summed E-state index contributed by atoms with van der Waals surface area (Å²) in [6, 6.07) is 0. The molecule has 5 heteroatoms. The molecule has 0 spiro atoms. The van der Waals surface area contributed by atoms with E-state index in [9.17, 15) is 9.59 Å². The van der Waals surface area contributed by atoms with E-state index in [0.29, 0.717) is 0 Å². The van der Waals surface area contributed by atoms with Crippen LogP contribution in [-0.4, -0.2) is 37.9 Å². The van der Waals surface area contributed by atoms with Gasteiger partial charge in [-0.3, -0.25) is 0 Å². The summed E-state index contributed by atoms with van der Waals surface area (Å²) in [5, 5.41) is 17.0. The van der Waals surface area contributed by atoms with Crippen LogP contribution < -0.4 is 0 Å². The summed E-state index contributed by atoms with van der Waals surface area (Å²) < 4.78 is 0. The summed E-state index contributed by atoms with van der Waals surface area (Å²) in [5.41, 5.74) is -0.116.